The number of aromatic nitrogens is 3. The van der Waals surface area contributed by atoms with E-state index in [0.717, 1.165) is 11.2 Å². The molecule has 4 heteroatoms. The van der Waals surface area contributed by atoms with Crippen molar-refractivity contribution in [1.29, 1.82) is 5.26 Å². The van der Waals surface area contributed by atoms with Crippen LogP contribution in [0.2, 0.25) is 0 Å². The van der Waals surface area contributed by atoms with Gasteiger partial charge in [-0.2, -0.15) is 10.4 Å². The fourth-order valence-electron chi connectivity index (χ4n) is 1.32. The molecule has 0 N–H and O–H groups in total. The van der Waals surface area contributed by atoms with E-state index in [1.165, 1.54) is 0 Å². The van der Waals surface area contributed by atoms with Gasteiger partial charge in [-0.25, -0.2) is 9.50 Å². The lowest BCUT2D eigenvalue weighted by atomic mass is 10.3. The third kappa shape index (κ3) is 1.05. The molecule has 0 saturated heterocycles. The van der Waals surface area contributed by atoms with Crippen molar-refractivity contribution in [2.24, 2.45) is 0 Å². The smallest absolute Gasteiger partial charge is 0.146 e. The molecule has 0 aliphatic rings. The van der Waals surface area contributed by atoms with Crippen LogP contribution >= 0.6 is 0 Å². The van der Waals surface area contributed by atoms with Crippen LogP contribution in [0.5, 0.6) is 0 Å². The molecule has 0 aromatic carbocycles. The number of nitriles is 1. The van der Waals surface area contributed by atoms with Crippen molar-refractivity contribution in [3.8, 4) is 6.07 Å². The monoisotopic (exact) mass is 172 g/mol. The van der Waals surface area contributed by atoms with Gasteiger partial charge in [-0.05, 0) is 19.9 Å². The van der Waals surface area contributed by atoms with Gasteiger partial charge < -0.3 is 0 Å². The summed E-state index contributed by atoms with van der Waals surface area (Å²) in [4.78, 5) is 4.05. The quantitative estimate of drug-likeness (QED) is 0.600. The van der Waals surface area contributed by atoms with Crippen LogP contribution in [0.15, 0.2) is 12.3 Å². The summed E-state index contributed by atoms with van der Waals surface area (Å²) >= 11 is 0. The number of hydrogen-bond donors (Lipinski definition) is 0. The van der Waals surface area contributed by atoms with E-state index < -0.39 is 0 Å². The first-order valence-corrected chi connectivity index (χ1v) is 3.94. The van der Waals surface area contributed by atoms with E-state index in [9.17, 15) is 0 Å². The van der Waals surface area contributed by atoms with Crippen LogP contribution in [0.3, 0.4) is 0 Å². The summed E-state index contributed by atoms with van der Waals surface area (Å²) < 4.78 is 1.74. The third-order valence-corrected chi connectivity index (χ3v) is 1.93. The minimum atomic E-state index is 0.623. The van der Waals surface area contributed by atoms with Gasteiger partial charge >= 0.3 is 0 Å². The Morgan fingerprint density at radius 3 is 2.92 bits per heavy atom. The number of hydrogen-bond acceptors (Lipinski definition) is 3. The van der Waals surface area contributed by atoms with E-state index in [-0.39, 0.29) is 0 Å². The molecule has 0 unspecified atom stereocenters. The summed E-state index contributed by atoms with van der Waals surface area (Å²) in [5, 5.41) is 13.0. The van der Waals surface area contributed by atoms with Crippen LogP contribution in [0.25, 0.3) is 5.52 Å². The van der Waals surface area contributed by atoms with Crippen LogP contribution in [0, 0.1) is 25.2 Å². The van der Waals surface area contributed by atoms with Crippen LogP contribution in [-0.4, -0.2) is 14.6 Å². The van der Waals surface area contributed by atoms with Crippen LogP contribution in [0.1, 0.15) is 17.1 Å². The van der Waals surface area contributed by atoms with E-state index in [1.807, 2.05) is 19.9 Å². The molecule has 0 saturated carbocycles. The standard InChI is InChI=1S/C9H8N4/c1-6-3-8(4-10)9-5-11-7(2)12-13(6)9/h3,5H,1-2H3. The average Bonchev–Trinajstić information content (AvgIpc) is 2.43. The summed E-state index contributed by atoms with van der Waals surface area (Å²) in [6.45, 7) is 3.74. The van der Waals surface area contributed by atoms with E-state index in [2.05, 4.69) is 16.2 Å². The second-order valence-corrected chi connectivity index (χ2v) is 2.91. The molecular weight excluding hydrogens is 164 g/mol. The van der Waals surface area contributed by atoms with Crippen molar-refractivity contribution in [1.82, 2.24) is 14.6 Å². The minimum Gasteiger partial charge on any atom is -0.238 e. The summed E-state index contributed by atoms with van der Waals surface area (Å²) in [5.74, 6) is 0.704. The van der Waals surface area contributed by atoms with Gasteiger partial charge in [0.05, 0.1) is 11.8 Å². The Balaban J connectivity index is 2.90. The van der Waals surface area contributed by atoms with E-state index in [4.69, 9.17) is 5.26 Å². The minimum absolute atomic E-state index is 0.623. The first-order chi connectivity index (χ1) is 6.22. The fourth-order valence-corrected chi connectivity index (χ4v) is 1.32. The Hall–Kier alpha value is -1.89. The van der Waals surface area contributed by atoms with Crippen molar-refractivity contribution in [3.63, 3.8) is 0 Å². The number of nitrogens with zero attached hydrogens (tertiary/aromatic N) is 4. The Morgan fingerprint density at radius 1 is 1.46 bits per heavy atom. The highest BCUT2D eigenvalue weighted by atomic mass is 15.2. The summed E-state index contributed by atoms with van der Waals surface area (Å²) in [5.41, 5.74) is 2.35. The molecule has 0 aliphatic heterocycles. The zero-order valence-electron chi connectivity index (χ0n) is 7.44. The molecule has 0 atom stereocenters. The van der Waals surface area contributed by atoms with Crippen molar-refractivity contribution < 1.29 is 0 Å². The van der Waals surface area contributed by atoms with E-state index in [1.54, 1.807) is 10.7 Å². The Labute approximate surface area is 75.4 Å². The molecular formula is C9H8N4. The largest absolute Gasteiger partial charge is 0.238 e. The zero-order chi connectivity index (χ0) is 9.42. The highest BCUT2D eigenvalue weighted by molar-refractivity contribution is 5.61. The predicted octanol–water partition coefficient (Wildman–Crippen LogP) is 1.22. The lowest BCUT2D eigenvalue weighted by molar-refractivity contribution is 0.832. The fraction of sp³-hybridized carbons (Fsp3) is 0.222. The molecule has 0 aliphatic carbocycles. The van der Waals surface area contributed by atoms with Gasteiger partial charge in [0.15, 0.2) is 0 Å². The molecule has 0 fully saturated rings. The number of rotatable bonds is 0. The van der Waals surface area contributed by atoms with Gasteiger partial charge in [-0.3, -0.25) is 0 Å². The first-order valence-electron chi connectivity index (χ1n) is 3.94. The number of aryl methyl sites for hydroxylation is 2. The van der Waals surface area contributed by atoms with Crippen LogP contribution in [0.4, 0.5) is 0 Å². The van der Waals surface area contributed by atoms with Crippen molar-refractivity contribution in [2.45, 2.75) is 13.8 Å². The Kier molecular flexibility index (Phi) is 1.52. The highest BCUT2D eigenvalue weighted by Crippen LogP contribution is 2.12. The maximum absolute atomic E-state index is 8.80. The molecule has 0 amide bonds. The van der Waals surface area contributed by atoms with Crippen molar-refractivity contribution in [2.75, 3.05) is 0 Å². The molecule has 2 aromatic heterocycles. The normalized spacial score (nSPS) is 10.2. The van der Waals surface area contributed by atoms with Gasteiger partial charge in [0.25, 0.3) is 0 Å². The molecule has 0 bridgehead atoms. The molecule has 0 spiro atoms. The zero-order valence-corrected chi connectivity index (χ0v) is 7.44. The number of fused-ring (bicyclic) bond motifs is 1. The lowest BCUT2D eigenvalue weighted by Crippen LogP contribution is -1.98. The summed E-state index contributed by atoms with van der Waals surface area (Å²) in [7, 11) is 0. The maximum Gasteiger partial charge on any atom is 0.146 e. The van der Waals surface area contributed by atoms with Gasteiger partial charge in [-0.15, -0.1) is 0 Å². The average molecular weight is 172 g/mol. The molecule has 2 aromatic rings. The second kappa shape index (κ2) is 2.56. The molecule has 13 heavy (non-hydrogen) atoms. The van der Waals surface area contributed by atoms with Crippen LogP contribution < -0.4 is 0 Å². The molecule has 64 valence electrons. The summed E-state index contributed by atoms with van der Waals surface area (Å²) in [6.07, 6.45) is 1.67. The van der Waals surface area contributed by atoms with Crippen molar-refractivity contribution >= 4 is 5.52 Å². The summed E-state index contributed by atoms with van der Waals surface area (Å²) in [6, 6.07) is 3.92. The highest BCUT2D eigenvalue weighted by Gasteiger charge is 2.06. The Morgan fingerprint density at radius 2 is 2.23 bits per heavy atom. The van der Waals surface area contributed by atoms with Gasteiger partial charge in [0.1, 0.15) is 17.4 Å². The molecule has 2 heterocycles. The van der Waals surface area contributed by atoms with Crippen LogP contribution in [-0.2, 0) is 0 Å². The Bertz CT molecular complexity index is 504. The second-order valence-electron chi connectivity index (χ2n) is 2.91. The maximum atomic E-state index is 8.80. The molecule has 4 nitrogen and oxygen atoms in total. The molecule has 2 rings (SSSR count). The first kappa shape index (κ1) is 7.74. The predicted molar refractivity (Wildman–Crippen MR) is 47.2 cm³/mol. The van der Waals surface area contributed by atoms with E-state index >= 15 is 0 Å². The van der Waals surface area contributed by atoms with Gasteiger partial charge in [0, 0.05) is 5.69 Å². The topological polar surface area (TPSA) is 54.0 Å². The lowest BCUT2D eigenvalue weighted by Gasteiger charge is -1.96. The molecule has 0 radical (unpaired) electrons. The van der Waals surface area contributed by atoms with E-state index in [0.29, 0.717) is 11.4 Å². The third-order valence-electron chi connectivity index (χ3n) is 1.93. The van der Waals surface area contributed by atoms with Gasteiger partial charge in [0.2, 0.25) is 0 Å². The van der Waals surface area contributed by atoms with Gasteiger partial charge in [-0.1, -0.05) is 0 Å². The van der Waals surface area contributed by atoms with Crippen molar-refractivity contribution in [3.05, 3.63) is 29.3 Å². The SMILES string of the molecule is Cc1ncc2c(C#N)cc(C)n2n1.